The van der Waals surface area contributed by atoms with Gasteiger partial charge in [0.1, 0.15) is 6.04 Å². The fourth-order valence-electron chi connectivity index (χ4n) is 1.68. The van der Waals surface area contributed by atoms with Crippen LogP contribution in [0, 0.1) is 5.92 Å². The maximum Gasteiger partial charge on any atom is 0.239 e. The van der Waals surface area contributed by atoms with Crippen LogP contribution in [0.3, 0.4) is 0 Å². The van der Waals surface area contributed by atoms with Crippen LogP contribution in [-0.4, -0.2) is 17.9 Å². The van der Waals surface area contributed by atoms with Crippen molar-refractivity contribution in [2.75, 3.05) is 0 Å². The summed E-state index contributed by atoms with van der Waals surface area (Å²) >= 11 is 0. The molecule has 0 spiro atoms. The average molecular weight is 242 g/mol. The minimum atomic E-state index is -0.502. The molecule has 0 aromatic heterocycles. The second-order valence-electron chi connectivity index (χ2n) is 4.97. The maximum atomic E-state index is 11.5. The molecule has 0 bridgehead atoms. The van der Waals surface area contributed by atoms with Gasteiger partial charge in [0.25, 0.3) is 0 Å². The van der Waals surface area contributed by atoms with Gasteiger partial charge in [-0.25, -0.2) is 0 Å². The Hall–Kier alpha value is -1.06. The van der Waals surface area contributed by atoms with Gasteiger partial charge in [-0.3, -0.25) is 9.59 Å². The van der Waals surface area contributed by atoms with Gasteiger partial charge in [0.05, 0.1) is 0 Å². The van der Waals surface area contributed by atoms with Crippen LogP contribution in [0.5, 0.6) is 0 Å². The molecule has 0 aromatic rings. The molecular formula is C13H26N2O2. The summed E-state index contributed by atoms with van der Waals surface area (Å²) in [6.45, 7) is 6.08. The predicted octanol–water partition coefficient (Wildman–Crippen LogP) is 1.97. The highest BCUT2D eigenvalue weighted by molar-refractivity contribution is 5.86. The Balaban J connectivity index is 3.98. The number of primary amides is 1. The van der Waals surface area contributed by atoms with E-state index >= 15 is 0 Å². The van der Waals surface area contributed by atoms with E-state index in [2.05, 4.69) is 12.2 Å². The summed E-state index contributed by atoms with van der Waals surface area (Å²) in [5, 5.41) is 2.71. The number of rotatable bonds is 9. The molecule has 2 amide bonds. The van der Waals surface area contributed by atoms with E-state index in [0.29, 0.717) is 18.8 Å². The smallest absolute Gasteiger partial charge is 0.239 e. The van der Waals surface area contributed by atoms with E-state index in [1.165, 1.54) is 0 Å². The van der Waals surface area contributed by atoms with Crippen molar-refractivity contribution < 1.29 is 9.59 Å². The number of nitrogens with two attached hydrogens (primary N) is 1. The van der Waals surface area contributed by atoms with E-state index in [-0.39, 0.29) is 5.91 Å². The molecule has 1 atom stereocenters. The van der Waals surface area contributed by atoms with E-state index in [0.717, 1.165) is 25.7 Å². The average Bonchev–Trinajstić information content (AvgIpc) is 2.21. The van der Waals surface area contributed by atoms with Crippen LogP contribution < -0.4 is 11.1 Å². The van der Waals surface area contributed by atoms with Crippen LogP contribution in [0.1, 0.15) is 59.3 Å². The molecular weight excluding hydrogens is 216 g/mol. The predicted molar refractivity (Wildman–Crippen MR) is 69.3 cm³/mol. The minimum absolute atomic E-state index is 0.0840. The number of carbonyl (C=O) groups is 2. The van der Waals surface area contributed by atoms with E-state index in [4.69, 9.17) is 5.73 Å². The van der Waals surface area contributed by atoms with Crippen molar-refractivity contribution in [3.05, 3.63) is 0 Å². The summed E-state index contributed by atoms with van der Waals surface area (Å²) in [5.41, 5.74) is 5.28. The van der Waals surface area contributed by atoms with Crippen molar-refractivity contribution in [2.45, 2.75) is 65.3 Å². The molecule has 17 heavy (non-hydrogen) atoms. The lowest BCUT2D eigenvalue weighted by molar-refractivity contribution is -0.128. The number of nitrogens with one attached hydrogen (secondary N) is 1. The highest BCUT2D eigenvalue weighted by atomic mass is 16.2. The van der Waals surface area contributed by atoms with Crippen molar-refractivity contribution in [3.63, 3.8) is 0 Å². The largest absolute Gasteiger partial charge is 0.368 e. The Labute approximate surface area is 104 Å². The summed E-state index contributed by atoms with van der Waals surface area (Å²) < 4.78 is 0. The Morgan fingerprint density at radius 3 is 2.29 bits per heavy atom. The minimum Gasteiger partial charge on any atom is -0.368 e. The quantitative estimate of drug-likeness (QED) is 0.607. The van der Waals surface area contributed by atoms with Crippen LogP contribution in [0.15, 0.2) is 0 Å². The van der Waals surface area contributed by atoms with E-state index in [1.807, 2.05) is 13.8 Å². The molecule has 0 rings (SSSR count). The lowest BCUT2D eigenvalue weighted by Crippen LogP contribution is -2.44. The zero-order valence-corrected chi connectivity index (χ0v) is 11.3. The molecule has 0 aliphatic rings. The number of hydrogen-bond donors (Lipinski definition) is 2. The molecule has 4 nitrogen and oxygen atoms in total. The third-order valence-electron chi connectivity index (χ3n) is 2.62. The summed E-state index contributed by atoms with van der Waals surface area (Å²) in [7, 11) is 0. The third-order valence-corrected chi connectivity index (χ3v) is 2.62. The van der Waals surface area contributed by atoms with Crippen LogP contribution in [-0.2, 0) is 9.59 Å². The normalized spacial score (nSPS) is 12.5. The van der Waals surface area contributed by atoms with Gasteiger partial charge in [-0.1, -0.05) is 46.5 Å². The first kappa shape index (κ1) is 15.9. The number of carbonyl (C=O) groups excluding carboxylic acids is 2. The van der Waals surface area contributed by atoms with Crippen LogP contribution >= 0.6 is 0 Å². The topological polar surface area (TPSA) is 72.2 Å². The monoisotopic (exact) mass is 242 g/mol. The number of hydrogen-bond acceptors (Lipinski definition) is 2. The maximum absolute atomic E-state index is 11.5. The first-order valence-corrected chi connectivity index (χ1v) is 6.56. The fourth-order valence-corrected chi connectivity index (χ4v) is 1.68. The SMILES string of the molecule is CCCCCC[C@H](NC(=O)CC(C)C)C(N)=O. The highest BCUT2D eigenvalue weighted by Gasteiger charge is 2.17. The third kappa shape index (κ3) is 8.72. The second-order valence-corrected chi connectivity index (χ2v) is 4.97. The van der Waals surface area contributed by atoms with Gasteiger partial charge in [0, 0.05) is 6.42 Å². The van der Waals surface area contributed by atoms with E-state index < -0.39 is 11.9 Å². The lowest BCUT2D eigenvalue weighted by atomic mass is 10.1. The molecule has 0 unspecified atom stereocenters. The van der Waals surface area contributed by atoms with Crippen LogP contribution in [0.4, 0.5) is 0 Å². The summed E-state index contributed by atoms with van der Waals surface area (Å²) in [6, 6.07) is -0.502. The van der Waals surface area contributed by atoms with Gasteiger partial charge in [-0.05, 0) is 12.3 Å². The van der Waals surface area contributed by atoms with Gasteiger partial charge in [0.15, 0.2) is 0 Å². The first-order chi connectivity index (χ1) is 7.97. The lowest BCUT2D eigenvalue weighted by Gasteiger charge is -2.16. The van der Waals surface area contributed by atoms with Gasteiger partial charge in [-0.2, -0.15) is 0 Å². The first-order valence-electron chi connectivity index (χ1n) is 6.56. The summed E-state index contributed by atoms with van der Waals surface area (Å²) in [5.74, 6) is -0.221. The Bertz CT molecular complexity index is 240. The summed E-state index contributed by atoms with van der Waals surface area (Å²) in [6.07, 6.45) is 5.42. The number of unbranched alkanes of at least 4 members (excludes halogenated alkanes) is 3. The molecule has 0 heterocycles. The van der Waals surface area contributed by atoms with Crippen LogP contribution in [0.2, 0.25) is 0 Å². The zero-order valence-electron chi connectivity index (χ0n) is 11.3. The molecule has 0 radical (unpaired) electrons. The van der Waals surface area contributed by atoms with Crippen molar-refractivity contribution in [3.8, 4) is 0 Å². The van der Waals surface area contributed by atoms with Crippen molar-refractivity contribution in [2.24, 2.45) is 11.7 Å². The Kier molecular flexibility index (Phi) is 8.46. The zero-order chi connectivity index (χ0) is 13.3. The highest BCUT2D eigenvalue weighted by Crippen LogP contribution is 2.06. The molecule has 0 fully saturated rings. The van der Waals surface area contributed by atoms with Gasteiger partial charge < -0.3 is 11.1 Å². The van der Waals surface area contributed by atoms with Gasteiger partial charge in [-0.15, -0.1) is 0 Å². The van der Waals surface area contributed by atoms with E-state index in [9.17, 15) is 9.59 Å². The van der Waals surface area contributed by atoms with Gasteiger partial charge in [0.2, 0.25) is 11.8 Å². The molecule has 0 saturated heterocycles. The molecule has 3 N–H and O–H groups in total. The summed E-state index contributed by atoms with van der Waals surface area (Å²) in [4.78, 5) is 22.7. The van der Waals surface area contributed by atoms with Crippen molar-refractivity contribution >= 4 is 11.8 Å². The molecule has 0 aliphatic carbocycles. The Morgan fingerprint density at radius 2 is 1.82 bits per heavy atom. The van der Waals surface area contributed by atoms with Gasteiger partial charge >= 0.3 is 0 Å². The fraction of sp³-hybridized carbons (Fsp3) is 0.846. The molecule has 0 saturated carbocycles. The standard InChI is InChI=1S/C13H26N2O2/c1-4-5-6-7-8-11(13(14)17)15-12(16)9-10(2)3/h10-11H,4-9H2,1-3H3,(H2,14,17)(H,15,16)/t11-/m0/s1. The molecule has 0 aromatic carbocycles. The molecule has 0 aliphatic heterocycles. The van der Waals surface area contributed by atoms with Crippen molar-refractivity contribution in [1.82, 2.24) is 5.32 Å². The molecule has 4 heteroatoms. The van der Waals surface area contributed by atoms with Crippen molar-refractivity contribution in [1.29, 1.82) is 0 Å². The number of amides is 2. The van der Waals surface area contributed by atoms with Crippen LogP contribution in [0.25, 0.3) is 0 Å². The van der Waals surface area contributed by atoms with E-state index in [1.54, 1.807) is 0 Å². The second kappa shape index (κ2) is 9.02. The molecule has 100 valence electrons. The Morgan fingerprint density at radius 1 is 1.18 bits per heavy atom.